The lowest BCUT2D eigenvalue weighted by molar-refractivity contribution is 0.601. The van der Waals surface area contributed by atoms with Gasteiger partial charge in [-0.15, -0.1) is 0 Å². The number of halogens is 1. The standard InChI is InChI=1S/C10H7FN2S/c11-8-4-1-2-5-9(8)14-10-12-6-3-7-13-10/h1-7H. The molecule has 0 saturated heterocycles. The van der Waals surface area contributed by atoms with E-state index in [0.29, 0.717) is 10.1 Å². The minimum absolute atomic E-state index is 0.245. The van der Waals surface area contributed by atoms with E-state index in [1.165, 1.54) is 17.8 Å². The van der Waals surface area contributed by atoms with Gasteiger partial charge in [0.15, 0.2) is 5.16 Å². The van der Waals surface area contributed by atoms with Crippen molar-refractivity contribution in [3.05, 3.63) is 48.5 Å². The molecule has 14 heavy (non-hydrogen) atoms. The second-order valence-corrected chi connectivity index (χ2v) is 3.57. The SMILES string of the molecule is Fc1ccccc1Sc1ncccn1. The Balaban J connectivity index is 2.24. The van der Waals surface area contributed by atoms with E-state index in [0.717, 1.165) is 0 Å². The van der Waals surface area contributed by atoms with Gasteiger partial charge in [-0.1, -0.05) is 12.1 Å². The highest BCUT2D eigenvalue weighted by Crippen LogP contribution is 2.25. The van der Waals surface area contributed by atoms with Gasteiger partial charge in [0.25, 0.3) is 0 Å². The summed E-state index contributed by atoms with van der Waals surface area (Å²) in [5.41, 5.74) is 0. The summed E-state index contributed by atoms with van der Waals surface area (Å²) in [4.78, 5) is 8.54. The average Bonchev–Trinajstić information content (AvgIpc) is 2.23. The van der Waals surface area contributed by atoms with Crippen LogP contribution in [0.1, 0.15) is 0 Å². The molecule has 4 heteroatoms. The third-order valence-corrected chi connectivity index (χ3v) is 2.52. The van der Waals surface area contributed by atoms with Crippen LogP contribution >= 0.6 is 11.8 Å². The third-order valence-electron chi connectivity index (χ3n) is 1.58. The fraction of sp³-hybridized carbons (Fsp3) is 0. The third kappa shape index (κ3) is 2.09. The summed E-state index contributed by atoms with van der Waals surface area (Å²) in [7, 11) is 0. The second kappa shape index (κ2) is 4.19. The van der Waals surface area contributed by atoms with Gasteiger partial charge in [0.2, 0.25) is 0 Å². The molecule has 0 aliphatic rings. The molecule has 2 nitrogen and oxygen atoms in total. The van der Waals surface area contributed by atoms with E-state index >= 15 is 0 Å². The van der Waals surface area contributed by atoms with Crippen molar-refractivity contribution in [3.8, 4) is 0 Å². The molecule has 0 radical (unpaired) electrons. The Labute approximate surface area is 85.2 Å². The number of aromatic nitrogens is 2. The average molecular weight is 206 g/mol. The number of benzene rings is 1. The molecule has 0 amide bonds. The van der Waals surface area contributed by atoms with Crippen LogP contribution < -0.4 is 0 Å². The maximum absolute atomic E-state index is 13.2. The lowest BCUT2D eigenvalue weighted by Gasteiger charge is -1.99. The molecule has 2 rings (SSSR count). The van der Waals surface area contributed by atoms with E-state index < -0.39 is 0 Å². The van der Waals surface area contributed by atoms with Gasteiger partial charge in [-0.3, -0.25) is 0 Å². The summed E-state index contributed by atoms with van der Waals surface area (Å²) in [5.74, 6) is -0.245. The molecular weight excluding hydrogens is 199 g/mol. The minimum atomic E-state index is -0.245. The molecule has 0 aliphatic heterocycles. The molecular formula is C10H7FN2S. The lowest BCUT2D eigenvalue weighted by Crippen LogP contribution is -1.85. The predicted octanol–water partition coefficient (Wildman–Crippen LogP) is 2.77. The smallest absolute Gasteiger partial charge is 0.192 e. The summed E-state index contributed by atoms with van der Waals surface area (Å²) in [6.45, 7) is 0. The number of hydrogen-bond acceptors (Lipinski definition) is 3. The van der Waals surface area contributed by atoms with Crippen LogP contribution in [0.4, 0.5) is 4.39 Å². The normalized spacial score (nSPS) is 10.1. The first-order chi connectivity index (χ1) is 6.86. The van der Waals surface area contributed by atoms with Crippen LogP contribution in [-0.2, 0) is 0 Å². The minimum Gasteiger partial charge on any atom is -0.231 e. The van der Waals surface area contributed by atoms with Gasteiger partial charge in [0.05, 0.1) is 4.90 Å². The van der Waals surface area contributed by atoms with Gasteiger partial charge in [0, 0.05) is 12.4 Å². The molecule has 0 unspecified atom stereocenters. The maximum Gasteiger partial charge on any atom is 0.192 e. The van der Waals surface area contributed by atoms with Gasteiger partial charge < -0.3 is 0 Å². The van der Waals surface area contributed by atoms with Crippen LogP contribution in [0, 0.1) is 5.82 Å². The number of hydrogen-bond donors (Lipinski definition) is 0. The molecule has 0 saturated carbocycles. The van der Waals surface area contributed by atoms with Crippen molar-refractivity contribution in [2.75, 3.05) is 0 Å². The topological polar surface area (TPSA) is 25.8 Å². The first-order valence-corrected chi connectivity index (χ1v) is 4.87. The quantitative estimate of drug-likeness (QED) is 0.706. The van der Waals surface area contributed by atoms with Crippen molar-refractivity contribution < 1.29 is 4.39 Å². The zero-order valence-electron chi connectivity index (χ0n) is 7.22. The Kier molecular flexibility index (Phi) is 2.74. The van der Waals surface area contributed by atoms with E-state index in [2.05, 4.69) is 9.97 Å². The first kappa shape index (κ1) is 9.15. The van der Waals surface area contributed by atoms with Crippen molar-refractivity contribution in [1.29, 1.82) is 0 Å². The molecule has 0 bridgehead atoms. The molecule has 2 aromatic rings. The second-order valence-electron chi connectivity index (χ2n) is 2.56. The molecule has 70 valence electrons. The molecule has 0 spiro atoms. The highest BCUT2D eigenvalue weighted by molar-refractivity contribution is 7.99. The van der Waals surface area contributed by atoms with Gasteiger partial charge in [-0.05, 0) is 30.0 Å². The summed E-state index contributed by atoms with van der Waals surface area (Å²) in [5, 5.41) is 0.553. The van der Waals surface area contributed by atoms with Crippen LogP contribution in [0.5, 0.6) is 0 Å². The number of rotatable bonds is 2. The van der Waals surface area contributed by atoms with Gasteiger partial charge in [0.1, 0.15) is 5.82 Å². The fourth-order valence-corrected chi connectivity index (χ4v) is 1.70. The summed E-state index contributed by atoms with van der Waals surface area (Å²) >= 11 is 1.22. The zero-order chi connectivity index (χ0) is 9.80. The van der Waals surface area contributed by atoms with Crippen molar-refractivity contribution in [3.63, 3.8) is 0 Å². The van der Waals surface area contributed by atoms with E-state index in [1.807, 2.05) is 0 Å². The van der Waals surface area contributed by atoms with Gasteiger partial charge in [-0.2, -0.15) is 0 Å². The molecule has 1 aromatic heterocycles. The molecule has 0 fully saturated rings. The van der Waals surface area contributed by atoms with E-state index in [-0.39, 0.29) is 5.82 Å². The molecule has 0 N–H and O–H groups in total. The van der Waals surface area contributed by atoms with Gasteiger partial charge >= 0.3 is 0 Å². The molecule has 1 aromatic carbocycles. The van der Waals surface area contributed by atoms with Crippen molar-refractivity contribution in [2.24, 2.45) is 0 Å². The Hall–Kier alpha value is -1.42. The van der Waals surface area contributed by atoms with Crippen LogP contribution in [-0.4, -0.2) is 9.97 Å². The summed E-state index contributed by atoms with van der Waals surface area (Å²) in [6.07, 6.45) is 3.27. The largest absolute Gasteiger partial charge is 0.231 e. The predicted molar refractivity (Wildman–Crippen MR) is 52.6 cm³/mol. The van der Waals surface area contributed by atoms with Crippen LogP contribution in [0.15, 0.2) is 52.8 Å². The lowest BCUT2D eigenvalue weighted by atomic mass is 10.4. The Morgan fingerprint density at radius 1 is 1.00 bits per heavy atom. The monoisotopic (exact) mass is 206 g/mol. The van der Waals surface area contributed by atoms with Crippen molar-refractivity contribution in [2.45, 2.75) is 10.1 Å². The zero-order valence-corrected chi connectivity index (χ0v) is 8.04. The number of nitrogens with zero attached hydrogens (tertiary/aromatic N) is 2. The fourth-order valence-electron chi connectivity index (χ4n) is 0.964. The summed E-state index contributed by atoms with van der Waals surface area (Å²) in [6, 6.07) is 8.30. The molecule has 0 atom stereocenters. The van der Waals surface area contributed by atoms with E-state index in [9.17, 15) is 4.39 Å². The van der Waals surface area contributed by atoms with Crippen LogP contribution in [0.25, 0.3) is 0 Å². The van der Waals surface area contributed by atoms with Crippen molar-refractivity contribution >= 4 is 11.8 Å². The van der Waals surface area contributed by atoms with E-state index in [4.69, 9.17) is 0 Å². The van der Waals surface area contributed by atoms with Gasteiger partial charge in [-0.25, -0.2) is 14.4 Å². The van der Waals surface area contributed by atoms with E-state index in [1.54, 1.807) is 36.7 Å². The maximum atomic E-state index is 13.2. The first-order valence-electron chi connectivity index (χ1n) is 4.05. The Morgan fingerprint density at radius 2 is 1.71 bits per heavy atom. The Bertz CT molecular complexity index is 419. The van der Waals surface area contributed by atoms with Crippen LogP contribution in [0.2, 0.25) is 0 Å². The molecule has 0 aliphatic carbocycles. The highest BCUT2D eigenvalue weighted by atomic mass is 32.2. The van der Waals surface area contributed by atoms with Crippen molar-refractivity contribution in [1.82, 2.24) is 9.97 Å². The summed E-state index contributed by atoms with van der Waals surface area (Å²) < 4.78 is 13.2. The molecule has 1 heterocycles. The Morgan fingerprint density at radius 3 is 2.43 bits per heavy atom. The van der Waals surface area contributed by atoms with Crippen LogP contribution in [0.3, 0.4) is 0 Å². The highest BCUT2D eigenvalue weighted by Gasteiger charge is 2.03.